The van der Waals surface area contributed by atoms with Gasteiger partial charge in [-0.15, -0.1) is 0 Å². The van der Waals surface area contributed by atoms with E-state index < -0.39 is 23.6 Å². The molecular weight excluding hydrogens is 421 g/mol. The molecule has 1 aliphatic rings. The second kappa shape index (κ2) is 8.38. The van der Waals surface area contributed by atoms with Crippen molar-refractivity contribution in [1.82, 2.24) is 4.90 Å². The molecule has 0 spiro atoms. The first kappa shape index (κ1) is 21.1. The number of alkyl halides is 3. The molecule has 0 bridgehead atoms. The minimum absolute atomic E-state index is 0.0647. The second-order valence-electron chi connectivity index (χ2n) is 6.20. The third kappa shape index (κ3) is 4.68. The molecule has 0 unspecified atom stereocenters. The average molecular weight is 436 g/mol. The summed E-state index contributed by atoms with van der Waals surface area (Å²) in [5.74, 6) is -1.23. The van der Waals surface area contributed by atoms with Gasteiger partial charge in [-0.2, -0.15) is 13.2 Å². The lowest BCUT2D eigenvalue weighted by Crippen LogP contribution is -2.25. The highest BCUT2D eigenvalue weighted by atomic mass is 32.2. The summed E-state index contributed by atoms with van der Waals surface area (Å²) >= 11 is 6.08. The molecule has 29 heavy (non-hydrogen) atoms. The fourth-order valence-corrected chi connectivity index (χ4v) is 3.97. The van der Waals surface area contributed by atoms with Crippen LogP contribution >= 0.6 is 24.0 Å². The lowest BCUT2D eigenvalue weighted by atomic mass is 10.0. The van der Waals surface area contributed by atoms with Crippen LogP contribution < -0.4 is 5.32 Å². The predicted molar refractivity (Wildman–Crippen MR) is 110 cm³/mol. The summed E-state index contributed by atoms with van der Waals surface area (Å²) in [5.41, 5.74) is -0.531. The Labute approximate surface area is 174 Å². The second-order valence-corrected chi connectivity index (χ2v) is 7.84. The third-order valence-electron chi connectivity index (χ3n) is 4.21. The van der Waals surface area contributed by atoms with E-state index in [-0.39, 0.29) is 26.9 Å². The topological polar surface area (TPSA) is 49.4 Å². The van der Waals surface area contributed by atoms with Crippen molar-refractivity contribution in [2.75, 3.05) is 12.4 Å². The number of benzene rings is 2. The maximum Gasteiger partial charge on any atom is 0.418 e. The van der Waals surface area contributed by atoms with Crippen molar-refractivity contribution in [3.63, 3.8) is 0 Å². The average Bonchev–Trinajstić information content (AvgIpc) is 2.93. The zero-order chi connectivity index (χ0) is 21.2. The Hall–Kier alpha value is -2.65. The summed E-state index contributed by atoms with van der Waals surface area (Å²) in [6.07, 6.45) is -4.55. The van der Waals surface area contributed by atoms with Crippen molar-refractivity contribution in [2.24, 2.45) is 0 Å². The van der Waals surface area contributed by atoms with Gasteiger partial charge < -0.3 is 5.32 Å². The maximum atomic E-state index is 13.3. The van der Waals surface area contributed by atoms with Gasteiger partial charge >= 0.3 is 6.18 Å². The first-order chi connectivity index (χ1) is 13.7. The van der Waals surface area contributed by atoms with Crippen molar-refractivity contribution < 1.29 is 22.8 Å². The molecule has 0 radical (unpaired) electrons. The Kier molecular flexibility index (Phi) is 6.09. The number of carbonyl (C=O) groups is 2. The number of hydrogen-bond acceptors (Lipinski definition) is 4. The quantitative estimate of drug-likeness (QED) is 0.561. The SMILES string of the molecule is CN1C(=O)/C(=C(/Cc2ccccc2)C(=O)Nc2ccccc2C(F)(F)F)SC1=S. The molecule has 4 nitrogen and oxygen atoms in total. The summed E-state index contributed by atoms with van der Waals surface area (Å²) in [7, 11) is 1.49. The molecule has 2 aromatic rings. The van der Waals surface area contributed by atoms with E-state index in [0.717, 1.165) is 23.4 Å². The fraction of sp³-hybridized carbons (Fsp3) is 0.150. The number of nitrogens with zero attached hydrogens (tertiary/aromatic N) is 1. The Morgan fingerprint density at radius 2 is 1.72 bits per heavy atom. The van der Waals surface area contributed by atoms with E-state index in [4.69, 9.17) is 12.2 Å². The predicted octanol–water partition coefficient (Wildman–Crippen LogP) is 4.63. The molecule has 2 aromatic carbocycles. The van der Waals surface area contributed by atoms with Gasteiger partial charge in [0.2, 0.25) is 0 Å². The minimum atomic E-state index is -4.63. The zero-order valence-electron chi connectivity index (χ0n) is 15.1. The van der Waals surface area contributed by atoms with Crippen molar-refractivity contribution in [3.8, 4) is 0 Å². The number of anilines is 1. The van der Waals surface area contributed by atoms with E-state index in [2.05, 4.69) is 5.32 Å². The van der Waals surface area contributed by atoms with E-state index in [1.165, 1.54) is 30.1 Å². The maximum absolute atomic E-state index is 13.3. The number of amides is 2. The third-order valence-corrected chi connectivity index (χ3v) is 5.81. The van der Waals surface area contributed by atoms with Gasteiger partial charge in [-0.3, -0.25) is 14.5 Å². The molecule has 1 saturated heterocycles. The smallest absolute Gasteiger partial charge is 0.322 e. The van der Waals surface area contributed by atoms with Gasteiger partial charge in [0, 0.05) is 19.0 Å². The van der Waals surface area contributed by atoms with Crippen molar-refractivity contribution in [2.45, 2.75) is 12.6 Å². The number of thioether (sulfide) groups is 1. The van der Waals surface area contributed by atoms with Gasteiger partial charge in [0.1, 0.15) is 4.32 Å². The first-order valence-electron chi connectivity index (χ1n) is 8.43. The number of nitrogens with one attached hydrogen (secondary N) is 1. The highest BCUT2D eigenvalue weighted by Crippen LogP contribution is 2.36. The van der Waals surface area contributed by atoms with E-state index in [1.807, 2.05) is 0 Å². The Morgan fingerprint density at radius 1 is 1.10 bits per heavy atom. The zero-order valence-corrected chi connectivity index (χ0v) is 16.8. The minimum Gasteiger partial charge on any atom is -0.322 e. The number of carbonyl (C=O) groups excluding carboxylic acids is 2. The molecule has 150 valence electrons. The highest BCUT2D eigenvalue weighted by molar-refractivity contribution is 8.26. The monoisotopic (exact) mass is 436 g/mol. The number of halogens is 3. The summed E-state index contributed by atoms with van der Waals surface area (Å²) in [4.78, 5) is 26.9. The number of thiocarbonyl (C=S) groups is 1. The lowest BCUT2D eigenvalue weighted by Gasteiger charge is -2.15. The van der Waals surface area contributed by atoms with Gasteiger partial charge in [-0.1, -0.05) is 66.4 Å². The number of likely N-dealkylation sites (N-methyl/N-ethyl adjacent to an activating group) is 1. The van der Waals surface area contributed by atoms with Crippen LogP contribution in [0.1, 0.15) is 11.1 Å². The van der Waals surface area contributed by atoms with Crippen LogP contribution in [-0.4, -0.2) is 28.1 Å². The van der Waals surface area contributed by atoms with E-state index >= 15 is 0 Å². The van der Waals surface area contributed by atoms with Crippen LogP contribution in [0.25, 0.3) is 0 Å². The van der Waals surface area contributed by atoms with Crippen LogP contribution in [0.2, 0.25) is 0 Å². The van der Waals surface area contributed by atoms with Gasteiger partial charge in [0.15, 0.2) is 0 Å². The molecule has 0 atom stereocenters. The van der Waals surface area contributed by atoms with Crippen LogP contribution in [0.4, 0.5) is 18.9 Å². The summed E-state index contributed by atoms with van der Waals surface area (Å²) < 4.78 is 40.1. The molecule has 1 fully saturated rings. The molecule has 1 aliphatic heterocycles. The molecule has 0 aliphatic carbocycles. The fourth-order valence-electron chi connectivity index (χ4n) is 2.73. The van der Waals surface area contributed by atoms with E-state index in [9.17, 15) is 22.8 Å². The molecule has 9 heteroatoms. The molecular formula is C20H15F3N2O2S2. The van der Waals surface area contributed by atoms with Crippen LogP contribution in [0, 0.1) is 0 Å². The molecule has 0 aromatic heterocycles. The first-order valence-corrected chi connectivity index (χ1v) is 9.65. The Morgan fingerprint density at radius 3 is 2.31 bits per heavy atom. The number of para-hydroxylation sites is 1. The molecule has 1 heterocycles. The largest absolute Gasteiger partial charge is 0.418 e. The Balaban J connectivity index is 2.01. The summed E-state index contributed by atoms with van der Waals surface area (Å²) in [6.45, 7) is 0. The van der Waals surface area contributed by atoms with Gasteiger partial charge in [0.25, 0.3) is 11.8 Å². The molecule has 1 N–H and O–H groups in total. The molecule has 0 saturated carbocycles. The van der Waals surface area contributed by atoms with Crippen LogP contribution in [0.5, 0.6) is 0 Å². The summed E-state index contributed by atoms with van der Waals surface area (Å²) in [6, 6.07) is 13.6. The van der Waals surface area contributed by atoms with Crippen LogP contribution in [0.3, 0.4) is 0 Å². The van der Waals surface area contributed by atoms with Crippen molar-refractivity contribution in [3.05, 3.63) is 76.2 Å². The van der Waals surface area contributed by atoms with Crippen LogP contribution in [0.15, 0.2) is 65.1 Å². The number of rotatable bonds is 4. The van der Waals surface area contributed by atoms with Gasteiger partial charge in [0.05, 0.1) is 16.2 Å². The van der Waals surface area contributed by atoms with Crippen LogP contribution in [-0.2, 0) is 22.2 Å². The van der Waals surface area contributed by atoms with Crippen molar-refractivity contribution in [1.29, 1.82) is 0 Å². The van der Waals surface area contributed by atoms with Crippen molar-refractivity contribution >= 4 is 45.8 Å². The normalized spacial score (nSPS) is 16.2. The molecule has 2 amide bonds. The van der Waals surface area contributed by atoms with Gasteiger partial charge in [-0.25, -0.2) is 0 Å². The summed E-state index contributed by atoms with van der Waals surface area (Å²) in [5, 5.41) is 2.32. The molecule has 3 rings (SSSR count). The Bertz CT molecular complexity index is 1000. The number of hydrogen-bond donors (Lipinski definition) is 1. The van der Waals surface area contributed by atoms with Gasteiger partial charge in [-0.05, 0) is 17.7 Å². The standard InChI is InChI=1S/C20H15F3N2O2S2/c1-25-18(27)16(29-19(25)28)13(11-12-7-3-2-4-8-12)17(26)24-15-10-6-5-9-14(15)20(21,22)23/h2-10H,11H2,1H3,(H,24,26)/b16-13+. The highest BCUT2D eigenvalue weighted by Gasteiger charge is 2.36. The lowest BCUT2D eigenvalue weighted by molar-refractivity contribution is -0.137. The van der Waals surface area contributed by atoms with E-state index in [1.54, 1.807) is 30.3 Å². The van der Waals surface area contributed by atoms with E-state index in [0.29, 0.717) is 0 Å².